The smallest absolute Gasteiger partial charge is 0.262 e. The van der Waals surface area contributed by atoms with E-state index >= 15 is 4.39 Å². The normalized spacial score (nSPS) is 22.9. The van der Waals surface area contributed by atoms with Crippen molar-refractivity contribution in [1.82, 2.24) is 15.5 Å². The Kier molecular flexibility index (Phi) is 6.51. The number of hydrogen-bond donors (Lipinski definition) is 2. The molecule has 3 heterocycles. The highest BCUT2D eigenvalue weighted by molar-refractivity contribution is 7.91. The molecule has 0 spiro atoms. The van der Waals surface area contributed by atoms with Crippen LogP contribution < -0.4 is 16.0 Å². The van der Waals surface area contributed by atoms with Crippen LogP contribution in [0.4, 0.5) is 18.9 Å². The van der Waals surface area contributed by atoms with Crippen LogP contribution in [0.15, 0.2) is 45.7 Å². The van der Waals surface area contributed by atoms with E-state index in [2.05, 4.69) is 15.5 Å². The first-order valence-electron chi connectivity index (χ1n) is 11.3. The van der Waals surface area contributed by atoms with Crippen molar-refractivity contribution in [2.24, 2.45) is 5.73 Å². The van der Waals surface area contributed by atoms with Crippen LogP contribution >= 0.6 is 11.6 Å². The topological polar surface area (TPSA) is 131 Å². The van der Waals surface area contributed by atoms with E-state index < -0.39 is 62.4 Å². The van der Waals surface area contributed by atoms with Gasteiger partial charge in [-0.3, -0.25) is 4.79 Å². The molecule has 37 heavy (non-hydrogen) atoms. The van der Waals surface area contributed by atoms with Crippen LogP contribution in [-0.2, 0) is 21.2 Å². The Morgan fingerprint density at radius 3 is 2.65 bits per heavy atom. The number of aromatic nitrogens is 2. The molecule has 0 saturated carbocycles. The lowest BCUT2D eigenvalue weighted by Crippen LogP contribution is -2.45. The average molecular weight is 556 g/mol. The van der Waals surface area contributed by atoms with E-state index in [9.17, 15) is 22.0 Å². The van der Waals surface area contributed by atoms with Crippen molar-refractivity contribution in [1.29, 1.82) is 0 Å². The third-order valence-electron chi connectivity index (χ3n) is 6.37. The van der Waals surface area contributed by atoms with Crippen LogP contribution in [0.3, 0.4) is 0 Å². The summed E-state index contributed by atoms with van der Waals surface area (Å²) < 4.78 is 75.4. The Bertz CT molecular complexity index is 1470. The lowest BCUT2D eigenvalue weighted by Gasteiger charge is -2.29. The maximum absolute atomic E-state index is 15.2. The summed E-state index contributed by atoms with van der Waals surface area (Å²) in [6.07, 6.45) is -0.428. The molecule has 1 amide bonds. The molecule has 3 N–H and O–H groups in total. The highest BCUT2D eigenvalue weighted by atomic mass is 35.5. The number of nitrogens with two attached hydrogens (primary N) is 1. The second-order valence-corrected chi connectivity index (χ2v) is 11.4. The summed E-state index contributed by atoms with van der Waals surface area (Å²) in [7, 11) is -4.16. The van der Waals surface area contributed by atoms with E-state index in [0.717, 1.165) is 17.0 Å². The molecule has 1 aromatic heterocycles. The summed E-state index contributed by atoms with van der Waals surface area (Å²) in [5, 5.41) is 10.7. The predicted molar refractivity (Wildman–Crippen MR) is 128 cm³/mol. The number of amides is 1. The van der Waals surface area contributed by atoms with Gasteiger partial charge in [-0.05, 0) is 29.8 Å². The van der Waals surface area contributed by atoms with E-state index in [4.69, 9.17) is 21.8 Å². The number of benzene rings is 2. The summed E-state index contributed by atoms with van der Waals surface area (Å²) in [5.74, 6) is -7.79. The Balaban J connectivity index is 1.61. The molecule has 0 aliphatic carbocycles. The van der Waals surface area contributed by atoms with Gasteiger partial charge in [0.2, 0.25) is 11.8 Å². The molecule has 0 radical (unpaired) electrons. The number of nitrogens with zero attached hydrogens (tertiary/aromatic N) is 3. The molecule has 3 aromatic rings. The summed E-state index contributed by atoms with van der Waals surface area (Å²) in [6, 6.07) is 6.93. The maximum Gasteiger partial charge on any atom is 0.262 e. The van der Waals surface area contributed by atoms with Gasteiger partial charge in [-0.25, -0.2) is 21.6 Å². The second-order valence-electron chi connectivity index (χ2n) is 8.95. The van der Waals surface area contributed by atoms with Gasteiger partial charge >= 0.3 is 0 Å². The van der Waals surface area contributed by atoms with Gasteiger partial charge in [0.05, 0.1) is 34.5 Å². The van der Waals surface area contributed by atoms with Crippen molar-refractivity contribution >= 4 is 33.0 Å². The molecule has 1 saturated heterocycles. The van der Waals surface area contributed by atoms with Crippen LogP contribution in [0.5, 0.6) is 0 Å². The van der Waals surface area contributed by atoms with E-state index in [1.54, 1.807) is 24.3 Å². The molecule has 9 nitrogen and oxygen atoms in total. The number of carbonyl (C=O) groups is 1. The molecular weight excluding hydrogens is 535 g/mol. The number of nitrogens with one attached hydrogen (secondary N) is 1. The Hall–Kier alpha value is -3.00. The monoisotopic (exact) mass is 555 g/mol. The highest BCUT2D eigenvalue weighted by Gasteiger charge is 2.46. The van der Waals surface area contributed by atoms with Crippen molar-refractivity contribution in [3.8, 4) is 11.5 Å². The largest absolute Gasteiger partial charge is 0.420 e. The lowest BCUT2D eigenvalue weighted by molar-refractivity contribution is -0.119. The number of sulfone groups is 1. The van der Waals surface area contributed by atoms with Gasteiger partial charge in [-0.2, -0.15) is 0 Å². The SMILES string of the molecule is N[C@H]1CS(=O)(=O)c2cc(F)c(-c3nnc(C4CNCCC4(F)F)o3)cc2N(Cc2ccc(Cl)cc2)C1=O. The van der Waals surface area contributed by atoms with Gasteiger partial charge in [0, 0.05) is 24.5 Å². The number of alkyl halides is 2. The number of fused-ring (bicyclic) bond motifs is 1. The van der Waals surface area contributed by atoms with E-state index in [1.807, 2.05) is 0 Å². The van der Waals surface area contributed by atoms with E-state index in [0.29, 0.717) is 10.6 Å². The molecule has 2 aliphatic rings. The standard InChI is InChI=1S/C23H21ClF3N5O4S/c24-13-3-1-12(2-4-13)10-32-18-7-14(16(25)8-19(18)37(34,35)11-17(28)22(32)33)20-30-31-21(36-20)15-9-29-6-5-23(15,26)27/h1-4,7-8,15,17,29H,5-6,9-11,28H2/t15?,17-/m0/s1. The fourth-order valence-corrected chi connectivity index (χ4v) is 6.09. The minimum absolute atomic E-state index is 0.0909. The Morgan fingerprint density at radius 1 is 1.22 bits per heavy atom. The van der Waals surface area contributed by atoms with Crippen LogP contribution in [0.25, 0.3) is 11.5 Å². The molecule has 0 bridgehead atoms. The number of anilines is 1. The predicted octanol–water partition coefficient (Wildman–Crippen LogP) is 2.89. The second kappa shape index (κ2) is 9.39. The van der Waals surface area contributed by atoms with Crippen molar-refractivity contribution in [3.63, 3.8) is 0 Å². The molecule has 1 unspecified atom stereocenters. The minimum Gasteiger partial charge on any atom is -0.420 e. The molecule has 1 fully saturated rings. The third kappa shape index (κ3) is 4.83. The van der Waals surface area contributed by atoms with E-state index in [1.165, 1.54) is 0 Å². The zero-order chi connectivity index (χ0) is 26.5. The summed E-state index contributed by atoms with van der Waals surface area (Å²) in [4.78, 5) is 13.9. The fraction of sp³-hybridized carbons (Fsp3) is 0.348. The summed E-state index contributed by atoms with van der Waals surface area (Å²) in [5.41, 5.74) is 6.01. The Morgan fingerprint density at radius 2 is 1.95 bits per heavy atom. The molecule has 2 atom stereocenters. The quantitative estimate of drug-likeness (QED) is 0.502. The first-order valence-corrected chi connectivity index (χ1v) is 13.3. The van der Waals surface area contributed by atoms with Gasteiger partial charge in [0.15, 0.2) is 9.84 Å². The van der Waals surface area contributed by atoms with Crippen LogP contribution in [0, 0.1) is 5.82 Å². The Labute approximate surface area is 214 Å². The molecule has 5 rings (SSSR count). The highest BCUT2D eigenvalue weighted by Crippen LogP contribution is 2.40. The van der Waals surface area contributed by atoms with Crippen LogP contribution in [0.2, 0.25) is 5.02 Å². The summed E-state index contributed by atoms with van der Waals surface area (Å²) in [6.45, 7) is -0.0782. The molecule has 2 aliphatic heterocycles. The fourth-order valence-electron chi connectivity index (χ4n) is 4.40. The molecule has 14 heteroatoms. The third-order valence-corrected chi connectivity index (χ3v) is 8.42. The zero-order valence-corrected chi connectivity index (χ0v) is 20.7. The maximum atomic E-state index is 15.2. The number of piperidine rings is 1. The van der Waals surface area contributed by atoms with Gasteiger partial charge < -0.3 is 20.4 Å². The van der Waals surface area contributed by atoms with Crippen LogP contribution in [-0.4, -0.2) is 55.3 Å². The zero-order valence-electron chi connectivity index (χ0n) is 19.1. The number of rotatable bonds is 4. The number of hydrogen-bond acceptors (Lipinski definition) is 8. The van der Waals surface area contributed by atoms with Crippen molar-refractivity contribution in [2.75, 3.05) is 23.7 Å². The number of carbonyl (C=O) groups excluding carboxylic acids is 1. The van der Waals surface area contributed by atoms with Crippen LogP contribution in [0.1, 0.15) is 23.8 Å². The van der Waals surface area contributed by atoms with Crippen molar-refractivity contribution < 1.29 is 30.8 Å². The first kappa shape index (κ1) is 25.6. The minimum atomic E-state index is -4.16. The van der Waals surface area contributed by atoms with E-state index in [-0.39, 0.29) is 36.8 Å². The number of halogens is 4. The lowest BCUT2D eigenvalue weighted by atomic mass is 9.95. The summed E-state index contributed by atoms with van der Waals surface area (Å²) >= 11 is 5.94. The average Bonchev–Trinajstić information content (AvgIpc) is 3.30. The van der Waals surface area contributed by atoms with Crippen molar-refractivity contribution in [3.05, 3.63) is 58.7 Å². The molecular formula is C23H21ClF3N5O4S. The molecule has 2 aromatic carbocycles. The van der Waals surface area contributed by atoms with Crippen molar-refractivity contribution in [2.45, 2.75) is 35.7 Å². The van der Waals surface area contributed by atoms with Gasteiger partial charge in [0.1, 0.15) is 11.7 Å². The van der Waals surface area contributed by atoms with Gasteiger partial charge in [-0.1, -0.05) is 23.7 Å². The molecule has 196 valence electrons. The van der Waals surface area contributed by atoms with Gasteiger partial charge in [-0.15, -0.1) is 10.2 Å². The first-order chi connectivity index (χ1) is 17.5. The van der Waals surface area contributed by atoms with Gasteiger partial charge in [0.25, 0.3) is 11.8 Å².